The Morgan fingerprint density at radius 2 is 2.12 bits per heavy atom. The highest BCUT2D eigenvalue weighted by Crippen LogP contribution is 2.17. The summed E-state index contributed by atoms with van der Waals surface area (Å²) in [5.74, 6) is -1.44. The van der Waals surface area contributed by atoms with Gasteiger partial charge in [-0.25, -0.2) is 9.59 Å². The quantitative estimate of drug-likeness (QED) is 0.795. The lowest BCUT2D eigenvalue weighted by Crippen LogP contribution is -2.04. The SMILES string of the molecule is CCOC(=O)c1cc2ccc(C(=O)O)cc2[nH]1. The molecule has 1 aromatic carbocycles. The minimum atomic E-state index is -1.00. The van der Waals surface area contributed by atoms with Gasteiger partial charge >= 0.3 is 11.9 Å². The molecule has 0 unspecified atom stereocenters. The van der Waals surface area contributed by atoms with Crippen LogP contribution in [0.15, 0.2) is 24.3 Å². The van der Waals surface area contributed by atoms with Gasteiger partial charge in [0.15, 0.2) is 0 Å². The van der Waals surface area contributed by atoms with Crippen LogP contribution in [0.25, 0.3) is 10.9 Å². The highest BCUT2D eigenvalue weighted by molar-refractivity contribution is 5.98. The first-order valence-corrected chi connectivity index (χ1v) is 5.15. The van der Waals surface area contributed by atoms with Gasteiger partial charge in [-0.05, 0) is 25.1 Å². The van der Waals surface area contributed by atoms with Crippen molar-refractivity contribution in [2.24, 2.45) is 0 Å². The van der Waals surface area contributed by atoms with Gasteiger partial charge in [0.2, 0.25) is 0 Å². The summed E-state index contributed by atoms with van der Waals surface area (Å²) in [6.45, 7) is 2.03. The molecule has 2 rings (SSSR count). The Balaban J connectivity index is 2.43. The van der Waals surface area contributed by atoms with E-state index in [1.807, 2.05) is 0 Å². The number of rotatable bonds is 3. The van der Waals surface area contributed by atoms with Crippen molar-refractivity contribution >= 4 is 22.8 Å². The predicted octanol–water partition coefficient (Wildman–Crippen LogP) is 2.04. The molecule has 0 amide bonds. The predicted molar refractivity (Wildman–Crippen MR) is 61.2 cm³/mol. The third-order valence-electron chi connectivity index (χ3n) is 2.36. The molecule has 0 saturated heterocycles. The smallest absolute Gasteiger partial charge is 0.354 e. The molecule has 0 aliphatic heterocycles. The summed E-state index contributed by atoms with van der Waals surface area (Å²) >= 11 is 0. The van der Waals surface area contributed by atoms with Crippen LogP contribution in [0.3, 0.4) is 0 Å². The zero-order chi connectivity index (χ0) is 12.4. The number of H-pyrrole nitrogens is 1. The number of benzene rings is 1. The number of carbonyl (C=O) groups excluding carboxylic acids is 1. The van der Waals surface area contributed by atoms with E-state index >= 15 is 0 Å². The summed E-state index contributed by atoms with van der Waals surface area (Å²) < 4.78 is 4.85. The van der Waals surface area contributed by atoms with E-state index in [0.29, 0.717) is 17.8 Å². The number of esters is 1. The van der Waals surface area contributed by atoms with Crippen molar-refractivity contribution in [1.29, 1.82) is 0 Å². The lowest BCUT2D eigenvalue weighted by Gasteiger charge is -1.96. The number of fused-ring (bicyclic) bond motifs is 1. The number of nitrogens with one attached hydrogen (secondary N) is 1. The number of carboxylic acids is 1. The highest BCUT2D eigenvalue weighted by Gasteiger charge is 2.11. The molecule has 0 radical (unpaired) electrons. The molecule has 0 atom stereocenters. The maximum atomic E-state index is 11.5. The molecule has 0 saturated carbocycles. The van der Waals surface area contributed by atoms with Gasteiger partial charge in [0.05, 0.1) is 12.2 Å². The van der Waals surface area contributed by atoms with Crippen LogP contribution in [0.2, 0.25) is 0 Å². The average Bonchev–Trinajstić information content (AvgIpc) is 2.71. The molecule has 2 N–H and O–H groups in total. The summed E-state index contributed by atoms with van der Waals surface area (Å²) in [6.07, 6.45) is 0. The fourth-order valence-corrected chi connectivity index (χ4v) is 1.58. The molecule has 5 heteroatoms. The maximum Gasteiger partial charge on any atom is 0.354 e. The number of carbonyl (C=O) groups is 2. The second-order valence-corrected chi connectivity index (χ2v) is 3.51. The van der Waals surface area contributed by atoms with Gasteiger partial charge in [0.25, 0.3) is 0 Å². The van der Waals surface area contributed by atoms with Gasteiger partial charge in [-0.3, -0.25) is 0 Å². The molecular weight excluding hydrogens is 222 g/mol. The molecule has 0 bridgehead atoms. The first-order valence-electron chi connectivity index (χ1n) is 5.15. The van der Waals surface area contributed by atoms with Gasteiger partial charge in [-0.1, -0.05) is 6.07 Å². The first kappa shape index (κ1) is 11.2. The largest absolute Gasteiger partial charge is 0.478 e. The van der Waals surface area contributed by atoms with Crippen LogP contribution in [0.5, 0.6) is 0 Å². The van der Waals surface area contributed by atoms with E-state index in [1.54, 1.807) is 19.1 Å². The van der Waals surface area contributed by atoms with Crippen LogP contribution in [0, 0.1) is 0 Å². The molecule has 0 aliphatic carbocycles. The monoisotopic (exact) mass is 233 g/mol. The standard InChI is InChI=1S/C12H11NO4/c1-2-17-12(16)10-5-7-3-4-8(11(14)15)6-9(7)13-10/h3-6,13H,2H2,1H3,(H,14,15). The third-order valence-corrected chi connectivity index (χ3v) is 2.36. The number of ether oxygens (including phenoxy) is 1. The van der Waals surface area contributed by atoms with E-state index < -0.39 is 11.9 Å². The maximum absolute atomic E-state index is 11.5. The summed E-state index contributed by atoms with van der Waals surface area (Å²) in [4.78, 5) is 25.1. The Hall–Kier alpha value is -2.30. The topological polar surface area (TPSA) is 79.4 Å². The van der Waals surface area contributed by atoms with Crippen molar-refractivity contribution in [2.75, 3.05) is 6.61 Å². The van der Waals surface area contributed by atoms with E-state index in [0.717, 1.165) is 5.39 Å². The van der Waals surface area contributed by atoms with Crippen LogP contribution in [-0.4, -0.2) is 28.6 Å². The third kappa shape index (κ3) is 2.13. The number of hydrogen-bond acceptors (Lipinski definition) is 3. The van der Waals surface area contributed by atoms with Crippen molar-refractivity contribution in [3.05, 3.63) is 35.5 Å². The molecule has 88 valence electrons. The van der Waals surface area contributed by atoms with Crippen molar-refractivity contribution in [1.82, 2.24) is 4.98 Å². The molecule has 2 aromatic rings. The Labute approximate surface area is 97.0 Å². The highest BCUT2D eigenvalue weighted by atomic mass is 16.5. The lowest BCUT2D eigenvalue weighted by atomic mass is 10.2. The number of aromatic nitrogens is 1. The average molecular weight is 233 g/mol. The van der Waals surface area contributed by atoms with E-state index in [1.165, 1.54) is 12.1 Å². The van der Waals surface area contributed by atoms with Crippen LogP contribution >= 0.6 is 0 Å². The van der Waals surface area contributed by atoms with Crippen LogP contribution < -0.4 is 0 Å². The van der Waals surface area contributed by atoms with Gasteiger partial charge < -0.3 is 14.8 Å². The Kier molecular flexibility index (Phi) is 2.82. The zero-order valence-corrected chi connectivity index (χ0v) is 9.19. The van der Waals surface area contributed by atoms with Crippen molar-refractivity contribution in [2.45, 2.75) is 6.92 Å². The zero-order valence-electron chi connectivity index (χ0n) is 9.19. The lowest BCUT2D eigenvalue weighted by molar-refractivity contribution is 0.0520. The molecule has 0 spiro atoms. The van der Waals surface area contributed by atoms with E-state index in [9.17, 15) is 9.59 Å². The summed E-state index contributed by atoms with van der Waals surface area (Å²) in [6, 6.07) is 6.27. The molecule has 17 heavy (non-hydrogen) atoms. The Morgan fingerprint density at radius 3 is 2.76 bits per heavy atom. The molecule has 1 aromatic heterocycles. The van der Waals surface area contributed by atoms with Crippen molar-refractivity contribution < 1.29 is 19.4 Å². The fraction of sp³-hybridized carbons (Fsp3) is 0.167. The number of aromatic amines is 1. The van der Waals surface area contributed by atoms with E-state index in [-0.39, 0.29) is 5.56 Å². The van der Waals surface area contributed by atoms with Crippen LogP contribution in [-0.2, 0) is 4.74 Å². The van der Waals surface area contributed by atoms with E-state index in [2.05, 4.69) is 4.98 Å². The summed E-state index contributed by atoms with van der Waals surface area (Å²) in [7, 11) is 0. The Morgan fingerprint density at radius 1 is 1.35 bits per heavy atom. The number of aromatic carboxylic acids is 1. The van der Waals surface area contributed by atoms with Crippen LogP contribution in [0.4, 0.5) is 0 Å². The number of carboxylic acid groups (broad SMARTS) is 1. The fourth-order valence-electron chi connectivity index (χ4n) is 1.58. The molecule has 5 nitrogen and oxygen atoms in total. The van der Waals surface area contributed by atoms with Crippen molar-refractivity contribution in [3.63, 3.8) is 0 Å². The van der Waals surface area contributed by atoms with Gasteiger partial charge in [-0.15, -0.1) is 0 Å². The van der Waals surface area contributed by atoms with Gasteiger partial charge in [0, 0.05) is 10.9 Å². The molecule has 0 aliphatic rings. The molecule has 1 heterocycles. The minimum Gasteiger partial charge on any atom is -0.478 e. The Bertz CT molecular complexity index is 585. The van der Waals surface area contributed by atoms with Gasteiger partial charge in [-0.2, -0.15) is 0 Å². The normalized spacial score (nSPS) is 10.4. The minimum absolute atomic E-state index is 0.176. The van der Waals surface area contributed by atoms with Gasteiger partial charge in [0.1, 0.15) is 5.69 Å². The first-order chi connectivity index (χ1) is 8.11. The molecular formula is C12H11NO4. The number of hydrogen-bond donors (Lipinski definition) is 2. The van der Waals surface area contributed by atoms with Crippen LogP contribution in [0.1, 0.15) is 27.8 Å². The molecule has 0 fully saturated rings. The second-order valence-electron chi connectivity index (χ2n) is 3.51. The summed E-state index contributed by atoms with van der Waals surface area (Å²) in [5, 5.41) is 9.61. The van der Waals surface area contributed by atoms with E-state index in [4.69, 9.17) is 9.84 Å². The van der Waals surface area contributed by atoms with Crippen molar-refractivity contribution in [3.8, 4) is 0 Å². The second kappa shape index (κ2) is 4.29. The summed E-state index contributed by atoms with van der Waals surface area (Å²) in [5.41, 5.74) is 1.10.